The van der Waals surface area contributed by atoms with E-state index in [1.54, 1.807) is 34.6 Å². The highest BCUT2D eigenvalue weighted by Crippen LogP contribution is 2.13. The van der Waals surface area contributed by atoms with Crippen LogP contribution in [0.25, 0.3) is 0 Å². The lowest BCUT2D eigenvalue weighted by atomic mass is 10.0. The SMILES string of the molecule is CC(C)[C@H](NC(=O)c1ccc(=O)oc1)C(=O)OC(C)(C)C. The summed E-state index contributed by atoms with van der Waals surface area (Å²) in [5.41, 5.74) is -1.00. The molecule has 6 heteroatoms. The highest BCUT2D eigenvalue weighted by atomic mass is 16.6. The molecule has 1 atom stereocenters. The predicted octanol–water partition coefficient (Wildman–Crippen LogP) is 1.74. The van der Waals surface area contributed by atoms with Crippen LogP contribution in [0.5, 0.6) is 0 Å². The second-order valence-electron chi connectivity index (χ2n) is 6.07. The van der Waals surface area contributed by atoms with Crippen LogP contribution < -0.4 is 10.9 Å². The maximum atomic E-state index is 12.1. The molecule has 6 nitrogen and oxygen atoms in total. The molecular weight excluding hydrogens is 274 g/mol. The number of hydrogen-bond acceptors (Lipinski definition) is 5. The quantitative estimate of drug-likeness (QED) is 0.855. The topological polar surface area (TPSA) is 85.6 Å². The van der Waals surface area contributed by atoms with Crippen LogP contribution in [0.2, 0.25) is 0 Å². The Morgan fingerprint density at radius 3 is 2.29 bits per heavy atom. The zero-order valence-electron chi connectivity index (χ0n) is 12.9. The molecule has 0 aliphatic carbocycles. The number of carbonyl (C=O) groups is 2. The first-order valence-corrected chi connectivity index (χ1v) is 6.73. The maximum Gasteiger partial charge on any atom is 0.335 e. The van der Waals surface area contributed by atoms with Gasteiger partial charge in [-0.2, -0.15) is 0 Å². The van der Waals surface area contributed by atoms with Crippen LogP contribution in [0.3, 0.4) is 0 Å². The van der Waals surface area contributed by atoms with Crippen molar-refractivity contribution < 1.29 is 18.7 Å². The van der Waals surface area contributed by atoms with E-state index in [4.69, 9.17) is 4.74 Å². The van der Waals surface area contributed by atoms with Crippen molar-refractivity contribution in [1.82, 2.24) is 5.32 Å². The van der Waals surface area contributed by atoms with Gasteiger partial charge in [0, 0.05) is 6.07 Å². The van der Waals surface area contributed by atoms with E-state index in [9.17, 15) is 14.4 Å². The minimum absolute atomic E-state index is 0.139. The summed E-state index contributed by atoms with van der Waals surface area (Å²) >= 11 is 0. The van der Waals surface area contributed by atoms with Gasteiger partial charge in [-0.3, -0.25) is 4.79 Å². The predicted molar refractivity (Wildman–Crippen MR) is 76.9 cm³/mol. The van der Waals surface area contributed by atoms with E-state index in [0.717, 1.165) is 12.3 Å². The van der Waals surface area contributed by atoms with Crippen LogP contribution >= 0.6 is 0 Å². The third-order valence-electron chi connectivity index (χ3n) is 2.58. The number of amides is 1. The smallest absolute Gasteiger partial charge is 0.335 e. The summed E-state index contributed by atoms with van der Waals surface area (Å²) in [5, 5.41) is 2.60. The molecule has 0 aromatic carbocycles. The highest BCUT2D eigenvalue weighted by molar-refractivity contribution is 5.96. The Morgan fingerprint density at radius 1 is 1.24 bits per heavy atom. The summed E-state index contributed by atoms with van der Waals surface area (Å²) in [4.78, 5) is 35.0. The van der Waals surface area contributed by atoms with Gasteiger partial charge in [-0.15, -0.1) is 0 Å². The molecule has 1 N–H and O–H groups in total. The summed E-state index contributed by atoms with van der Waals surface area (Å²) in [6.45, 7) is 8.89. The third-order valence-corrected chi connectivity index (χ3v) is 2.58. The molecule has 0 bridgehead atoms. The van der Waals surface area contributed by atoms with Crippen molar-refractivity contribution in [2.45, 2.75) is 46.3 Å². The number of rotatable bonds is 4. The molecular formula is C15H21NO5. The van der Waals surface area contributed by atoms with Crippen LogP contribution in [0.1, 0.15) is 45.0 Å². The van der Waals surface area contributed by atoms with Gasteiger partial charge in [0.15, 0.2) is 0 Å². The minimum atomic E-state index is -0.774. The second kappa shape index (κ2) is 6.56. The molecule has 1 heterocycles. The summed E-state index contributed by atoms with van der Waals surface area (Å²) in [6.07, 6.45) is 1.06. The van der Waals surface area contributed by atoms with Crippen LogP contribution in [0.15, 0.2) is 27.6 Å². The number of ether oxygens (including phenoxy) is 1. The number of carbonyl (C=O) groups excluding carboxylic acids is 2. The van der Waals surface area contributed by atoms with Gasteiger partial charge in [0.25, 0.3) is 5.91 Å². The van der Waals surface area contributed by atoms with Gasteiger partial charge in [-0.05, 0) is 32.8 Å². The Morgan fingerprint density at radius 2 is 1.86 bits per heavy atom. The molecule has 0 saturated carbocycles. The molecule has 21 heavy (non-hydrogen) atoms. The molecule has 0 radical (unpaired) electrons. The van der Waals surface area contributed by atoms with E-state index < -0.39 is 29.1 Å². The number of esters is 1. The molecule has 0 spiro atoms. The van der Waals surface area contributed by atoms with E-state index in [2.05, 4.69) is 9.73 Å². The lowest BCUT2D eigenvalue weighted by Gasteiger charge is -2.26. The van der Waals surface area contributed by atoms with E-state index in [1.807, 2.05) is 0 Å². The van der Waals surface area contributed by atoms with E-state index in [1.165, 1.54) is 6.07 Å². The average Bonchev–Trinajstić information content (AvgIpc) is 2.33. The molecule has 0 fully saturated rings. The highest BCUT2D eigenvalue weighted by Gasteiger charge is 2.29. The summed E-state index contributed by atoms with van der Waals surface area (Å²) in [7, 11) is 0. The lowest BCUT2D eigenvalue weighted by Crippen LogP contribution is -2.47. The fourth-order valence-corrected chi connectivity index (χ4v) is 1.57. The molecule has 1 aromatic rings. The summed E-state index contributed by atoms with van der Waals surface area (Å²) in [6, 6.07) is 1.71. The van der Waals surface area contributed by atoms with Gasteiger partial charge in [-0.25, -0.2) is 9.59 Å². The standard InChI is InChI=1S/C15H21NO5/c1-9(2)12(14(19)21-15(3,4)5)16-13(18)10-6-7-11(17)20-8-10/h6-9,12H,1-5H3,(H,16,18)/t12-/m0/s1. The van der Waals surface area contributed by atoms with Crippen molar-refractivity contribution >= 4 is 11.9 Å². The van der Waals surface area contributed by atoms with Gasteiger partial charge in [0.05, 0.1) is 5.56 Å². The Hall–Kier alpha value is -2.11. The fraction of sp³-hybridized carbons (Fsp3) is 0.533. The summed E-state index contributed by atoms with van der Waals surface area (Å²) < 4.78 is 9.92. The largest absolute Gasteiger partial charge is 0.458 e. The Bertz CT molecular complexity index is 548. The Balaban J connectivity index is 2.83. The first-order valence-electron chi connectivity index (χ1n) is 6.73. The van der Waals surface area contributed by atoms with E-state index in [0.29, 0.717) is 0 Å². The van der Waals surface area contributed by atoms with Crippen molar-refractivity contribution in [2.75, 3.05) is 0 Å². The molecule has 116 valence electrons. The first kappa shape index (κ1) is 16.9. The third kappa shape index (κ3) is 5.41. The van der Waals surface area contributed by atoms with Crippen molar-refractivity contribution in [3.63, 3.8) is 0 Å². The van der Waals surface area contributed by atoms with Crippen molar-refractivity contribution in [3.05, 3.63) is 34.4 Å². The molecule has 1 rings (SSSR count). The normalized spacial score (nSPS) is 12.9. The van der Waals surface area contributed by atoms with Crippen LogP contribution in [0, 0.1) is 5.92 Å². The second-order valence-corrected chi connectivity index (χ2v) is 6.07. The van der Waals surface area contributed by atoms with Gasteiger partial charge >= 0.3 is 11.6 Å². The molecule has 0 saturated heterocycles. The van der Waals surface area contributed by atoms with Crippen LogP contribution in [0.4, 0.5) is 0 Å². The zero-order valence-corrected chi connectivity index (χ0v) is 12.9. The number of nitrogens with one attached hydrogen (secondary N) is 1. The first-order chi connectivity index (χ1) is 9.60. The van der Waals surface area contributed by atoms with Crippen LogP contribution in [-0.2, 0) is 9.53 Å². The monoisotopic (exact) mass is 295 g/mol. The van der Waals surface area contributed by atoms with Crippen molar-refractivity contribution in [2.24, 2.45) is 5.92 Å². The Labute approximate surface area is 123 Å². The molecule has 0 aliphatic rings. The number of hydrogen-bond donors (Lipinski definition) is 1. The lowest BCUT2D eigenvalue weighted by molar-refractivity contribution is -0.158. The Kier molecular flexibility index (Phi) is 5.29. The van der Waals surface area contributed by atoms with Gasteiger partial charge in [0.1, 0.15) is 17.9 Å². The van der Waals surface area contributed by atoms with Gasteiger partial charge in [0.2, 0.25) is 0 Å². The minimum Gasteiger partial charge on any atom is -0.458 e. The van der Waals surface area contributed by atoms with Crippen LogP contribution in [-0.4, -0.2) is 23.5 Å². The average molecular weight is 295 g/mol. The fourth-order valence-electron chi connectivity index (χ4n) is 1.57. The molecule has 1 aromatic heterocycles. The molecule has 0 aliphatic heterocycles. The van der Waals surface area contributed by atoms with Gasteiger partial charge in [-0.1, -0.05) is 13.8 Å². The van der Waals surface area contributed by atoms with E-state index in [-0.39, 0.29) is 11.5 Å². The van der Waals surface area contributed by atoms with Crippen molar-refractivity contribution in [1.29, 1.82) is 0 Å². The summed E-state index contributed by atoms with van der Waals surface area (Å²) in [5.74, 6) is -1.13. The maximum absolute atomic E-state index is 12.1. The van der Waals surface area contributed by atoms with Crippen molar-refractivity contribution in [3.8, 4) is 0 Å². The zero-order chi connectivity index (χ0) is 16.2. The molecule has 1 amide bonds. The van der Waals surface area contributed by atoms with E-state index >= 15 is 0 Å². The van der Waals surface area contributed by atoms with Gasteiger partial charge < -0.3 is 14.5 Å². The molecule has 0 unspecified atom stereocenters.